The van der Waals surface area contributed by atoms with Crippen LogP contribution in [-0.4, -0.2) is 10.9 Å². The third kappa shape index (κ3) is 2.66. The first kappa shape index (κ1) is 11.3. The summed E-state index contributed by atoms with van der Waals surface area (Å²) in [6.07, 6.45) is 1.30. The van der Waals surface area contributed by atoms with Gasteiger partial charge in [-0.3, -0.25) is 4.79 Å². The van der Waals surface area contributed by atoms with E-state index in [9.17, 15) is 9.18 Å². The molecule has 1 aromatic heterocycles. The van der Waals surface area contributed by atoms with Crippen molar-refractivity contribution in [3.8, 4) is 0 Å². The number of nitrogens with zero attached hydrogens (tertiary/aromatic N) is 1. The van der Waals surface area contributed by atoms with Crippen molar-refractivity contribution in [2.75, 3.05) is 5.32 Å². The number of aryl methyl sites for hydroxylation is 1. The Morgan fingerprint density at radius 2 is 2.12 bits per heavy atom. The fraction of sp³-hybridized carbons (Fsp3) is 0.0769. The average Bonchev–Trinajstić information content (AvgIpc) is 2.29. The first-order chi connectivity index (χ1) is 8.16. The van der Waals surface area contributed by atoms with Gasteiger partial charge in [-0.1, -0.05) is 12.1 Å². The van der Waals surface area contributed by atoms with E-state index in [0.29, 0.717) is 5.69 Å². The Hall–Kier alpha value is -2.23. The molecule has 1 amide bonds. The van der Waals surface area contributed by atoms with Crippen molar-refractivity contribution in [1.29, 1.82) is 0 Å². The largest absolute Gasteiger partial charge is 0.322 e. The number of carbonyl (C=O) groups is 1. The lowest BCUT2D eigenvalue weighted by molar-refractivity contribution is 0.102. The Bertz CT molecular complexity index is 555. The third-order valence-corrected chi connectivity index (χ3v) is 2.28. The minimum Gasteiger partial charge on any atom is -0.322 e. The maximum atomic E-state index is 13.3. The van der Waals surface area contributed by atoms with Crippen LogP contribution in [0.1, 0.15) is 15.9 Å². The van der Waals surface area contributed by atoms with Gasteiger partial charge >= 0.3 is 0 Å². The van der Waals surface area contributed by atoms with Gasteiger partial charge in [-0.15, -0.1) is 0 Å². The van der Waals surface area contributed by atoms with Gasteiger partial charge in [0.1, 0.15) is 0 Å². The molecule has 17 heavy (non-hydrogen) atoms. The van der Waals surface area contributed by atoms with Crippen LogP contribution in [0.15, 0.2) is 42.6 Å². The van der Waals surface area contributed by atoms with Crippen LogP contribution in [0, 0.1) is 12.9 Å². The van der Waals surface area contributed by atoms with Gasteiger partial charge < -0.3 is 5.32 Å². The van der Waals surface area contributed by atoms with Gasteiger partial charge in [0, 0.05) is 11.9 Å². The Balaban J connectivity index is 2.20. The molecule has 2 rings (SSSR count). The van der Waals surface area contributed by atoms with Crippen LogP contribution in [0.4, 0.5) is 10.1 Å². The highest BCUT2D eigenvalue weighted by molar-refractivity contribution is 6.04. The normalized spacial score (nSPS) is 10.0. The van der Waals surface area contributed by atoms with Crippen molar-refractivity contribution < 1.29 is 9.18 Å². The summed E-state index contributed by atoms with van der Waals surface area (Å²) < 4.78 is 13.3. The molecule has 1 N–H and O–H groups in total. The van der Waals surface area contributed by atoms with Crippen LogP contribution in [-0.2, 0) is 0 Å². The lowest BCUT2D eigenvalue weighted by Gasteiger charge is -2.06. The first-order valence-corrected chi connectivity index (χ1v) is 5.15. The van der Waals surface area contributed by atoms with Crippen molar-refractivity contribution in [3.63, 3.8) is 0 Å². The summed E-state index contributed by atoms with van der Waals surface area (Å²) in [5.74, 6) is -1.26. The molecule has 0 aliphatic rings. The summed E-state index contributed by atoms with van der Waals surface area (Å²) in [5.41, 5.74) is 1.60. The van der Waals surface area contributed by atoms with Crippen LogP contribution in [0.25, 0.3) is 0 Å². The van der Waals surface area contributed by atoms with E-state index in [1.165, 1.54) is 18.3 Å². The molecule has 86 valence electrons. The first-order valence-electron chi connectivity index (χ1n) is 5.15. The van der Waals surface area contributed by atoms with E-state index >= 15 is 0 Å². The molecule has 0 fully saturated rings. The maximum Gasteiger partial charge on any atom is 0.260 e. The molecule has 1 aromatic carbocycles. The number of amides is 1. The second kappa shape index (κ2) is 4.74. The lowest BCUT2D eigenvalue weighted by atomic mass is 10.2. The minimum atomic E-state index is -0.766. The number of aromatic nitrogens is 1. The van der Waals surface area contributed by atoms with Gasteiger partial charge in [0.2, 0.25) is 5.95 Å². The third-order valence-electron chi connectivity index (χ3n) is 2.28. The summed E-state index contributed by atoms with van der Waals surface area (Å²) in [5, 5.41) is 2.62. The Morgan fingerprint density at radius 3 is 2.82 bits per heavy atom. The van der Waals surface area contributed by atoms with Crippen LogP contribution in [0.5, 0.6) is 0 Å². The van der Waals surface area contributed by atoms with E-state index in [2.05, 4.69) is 10.3 Å². The molecule has 2 aromatic rings. The van der Waals surface area contributed by atoms with Crippen molar-refractivity contribution in [2.24, 2.45) is 0 Å². The number of carbonyl (C=O) groups excluding carboxylic acids is 1. The van der Waals surface area contributed by atoms with Crippen LogP contribution >= 0.6 is 0 Å². The predicted molar refractivity (Wildman–Crippen MR) is 63.3 cm³/mol. The van der Waals surface area contributed by atoms with Gasteiger partial charge in [0.15, 0.2) is 0 Å². The molecule has 0 spiro atoms. The number of rotatable bonds is 2. The number of anilines is 1. The van der Waals surface area contributed by atoms with Crippen LogP contribution in [0.3, 0.4) is 0 Å². The van der Waals surface area contributed by atoms with E-state index < -0.39 is 11.9 Å². The Labute approximate surface area is 98.3 Å². The number of nitrogens with one attached hydrogen (secondary N) is 1. The minimum absolute atomic E-state index is 0.0611. The van der Waals surface area contributed by atoms with Crippen molar-refractivity contribution >= 4 is 11.6 Å². The molecule has 4 heteroatoms. The molecule has 0 aliphatic carbocycles. The molecular formula is C13H11FN2O. The van der Waals surface area contributed by atoms with E-state index in [4.69, 9.17) is 0 Å². The SMILES string of the molecule is Cc1cccc(NC(=O)c2cccnc2F)c1. The smallest absolute Gasteiger partial charge is 0.260 e. The van der Waals surface area contributed by atoms with E-state index in [0.717, 1.165) is 5.56 Å². The quantitative estimate of drug-likeness (QED) is 0.806. The number of halogens is 1. The molecule has 0 saturated carbocycles. The predicted octanol–water partition coefficient (Wildman–Crippen LogP) is 2.78. The van der Waals surface area contributed by atoms with E-state index in [1.54, 1.807) is 6.07 Å². The molecule has 0 unspecified atom stereocenters. The van der Waals surface area contributed by atoms with Crippen molar-refractivity contribution in [2.45, 2.75) is 6.92 Å². The molecule has 0 aliphatic heterocycles. The number of pyridine rings is 1. The second-order valence-electron chi connectivity index (χ2n) is 3.67. The molecule has 0 radical (unpaired) electrons. The number of hydrogen-bond donors (Lipinski definition) is 1. The molecule has 0 atom stereocenters. The highest BCUT2D eigenvalue weighted by atomic mass is 19.1. The second-order valence-corrected chi connectivity index (χ2v) is 3.67. The van der Waals surface area contributed by atoms with E-state index in [-0.39, 0.29) is 5.56 Å². The zero-order valence-electron chi connectivity index (χ0n) is 9.27. The van der Waals surface area contributed by atoms with Gasteiger partial charge in [-0.25, -0.2) is 4.98 Å². The fourth-order valence-corrected chi connectivity index (χ4v) is 1.48. The molecule has 1 heterocycles. The Morgan fingerprint density at radius 1 is 1.29 bits per heavy atom. The van der Waals surface area contributed by atoms with Crippen LogP contribution in [0.2, 0.25) is 0 Å². The number of hydrogen-bond acceptors (Lipinski definition) is 2. The van der Waals surface area contributed by atoms with Gasteiger partial charge in [0.05, 0.1) is 5.56 Å². The summed E-state index contributed by atoms with van der Waals surface area (Å²) >= 11 is 0. The monoisotopic (exact) mass is 230 g/mol. The maximum absolute atomic E-state index is 13.3. The zero-order valence-corrected chi connectivity index (χ0v) is 9.27. The van der Waals surface area contributed by atoms with Gasteiger partial charge in [-0.05, 0) is 36.8 Å². The average molecular weight is 230 g/mol. The lowest BCUT2D eigenvalue weighted by Crippen LogP contribution is -2.14. The van der Waals surface area contributed by atoms with Crippen molar-refractivity contribution in [1.82, 2.24) is 4.98 Å². The van der Waals surface area contributed by atoms with Gasteiger partial charge in [0.25, 0.3) is 5.91 Å². The summed E-state index contributed by atoms with van der Waals surface area (Å²) in [4.78, 5) is 15.2. The topological polar surface area (TPSA) is 42.0 Å². The highest BCUT2D eigenvalue weighted by Crippen LogP contribution is 2.12. The van der Waals surface area contributed by atoms with Crippen LogP contribution < -0.4 is 5.32 Å². The number of benzene rings is 1. The summed E-state index contributed by atoms with van der Waals surface area (Å²) in [7, 11) is 0. The summed E-state index contributed by atoms with van der Waals surface area (Å²) in [6.45, 7) is 1.92. The molecule has 3 nitrogen and oxygen atoms in total. The summed E-state index contributed by atoms with van der Waals surface area (Å²) in [6, 6.07) is 10.2. The Kier molecular flexibility index (Phi) is 3.14. The molecule has 0 saturated heterocycles. The fourth-order valence-electron chi connectivity index (χ4n) is 1.48. The standard InChI is InChI=1S/C13H11FN2O/c1-9-4-2-5-10(8-9)16-13(17)11-6-3-7-15-12(11)14/h2-8H,1H3,(H,16,17). The van der Waals surface area contributed by atoms with Crippen molar-refractivity contribution in [3.05, 3.63) is 59.7 Å². The molecule has 0 bridgehead atoms. The zero-order chi connectivity index (χ0) is 12.3. The van der Waals surface area contributed by atoms with Gasteiger partial charge in [-0.2, -0.15) is 4.39 Å². The van der Waals surface area contributed by atoms with E-state index in [1.807, 2.05) is 25.1 Å². The molecular weight excluding hydrogens is 219 g/mol. The highest BCUT2D eigenvalue weighted by Gasteiger charge is 2.11.